The number of phenols is 1. The van der Waals surface area contributed by atoms with Crippen molar-refractivity contribution in [3.05, 3.63) is 110 Å². The number of nitrogens with two attached hydrogens (primary N) is 1. The highest BCUT2D eigenvalue weighted by molar-refractivity contribution is 6.31. The van der Waals surface area contributed by atoms with Gasteiger partial charge in [0.15, 0.2) is 0 Å². The van der Waals surface area contributed by atoms with E-state index in [0.717, 1.165) is 27.9 Å². The van der Waals surface area contributed by atoms with Crippen LogP contribution in [-0.4, -0.2) is 103 Å². The maximum atomic E-state index is 13.7. The van der Waals surface area contributed by atoms with E-state index in [2.05, 4.69) is 26.3 Å². The number of ether oxygens (including phenoxy) is 1. The summed E-state index contributed by atoms with van der Waals surface area (Å²) in [4.78, 5) is 92.4. The molecule has 0 spiro atoms. The lowest BCUT2D eigenvalue weighted by atomic mass is 10.0. The monoisotopic (exact) mass is 798 g/mol. The van der Waals surface area contributed by atoms with Crippen LogP contribution in [-0.2, 0) is 36.8 Å². The van der Waals surface area contributed by atoms with Gasteiger partial charge in [-0.2, -0.15) is 0 Å². The molecule has 2 heterocycles. The molecule has 56 heavy (non-hydrogen) atoms. The topological polar surface area (TPSA) is 288 Å². The molecule has 1 aromatic heterocycles. The zero-order valence-corrected chi connectivity index (χ0v) is 31.2. The van der Waals surface area contributed by atoms with Crippen molar-refractivity contribution < 1.29 is 44.0 Å². The normalized spacial score (nSPS) is 18.4. The standard InChI is InChI=1S/C36H43ClN8O11/c1-18(40-35(54)41-26(34(52)53)15-21-8-4-5-10-24(21)37)30(49)43-29(19(2)44(3)32(51)25(38)14-20-7-6-9-22(46)13-20)31(50)39-17-23-16-27(47)33(56-23)45-12-11-28(48)42-36(45)55/h4-13,17-19,25-27,29,33,46-47H,14-16,38H2,1-3H3,(H,39,50)(H,43,49)(H,52,53)(H2,40,41,54)(H,42,48,55)/b23-17-/t18-,19-,25-,26-,27+,29-,33+/m0/s1. The number of aromatic nitrogens is 2. The van der Waals surface area contributed by atoms with Crippen LogP contribution in [0.5, 0.6) is 5.75 Å². The number of hydrogen-bond donors (Lipinski definition) is 9. The molecule has 19 nitrogen and oxygen atoms in total. The Labute approximate surface area is 324 Å². The summed E-state index contributed by atoms with van der Waals surface area (Å²) in [5, 5.41) is 40.0. The number of aliphatic hydroxyl groups is 1. The Hall–Kier alpha value is -6.18. The number of urea groups is 1. The van der Waals surface area contributed by atoms with Gasteiger partial charge in [0.2, 0.25) is 23.9 Å². The maximum Gasteiger partial charge on any atom is 0.331 e. The molecule has 1 fully saturated rings. The summed E-state index contributed by atoms with van der Waals surface area (Å²) >= 11 is 6.15. The summed E-state index contributed by atoms with van der Waals surface area (Å²) in [5.74, 6) is -3.74. The minimum atomic E-state index is -1.51. The number of halogens is 1. The summed E-state index contributed by atoms with van der Waals surface area (Å²) in [5.41, 5.74) is 5.75. The molecule has 300 valence electrons. The predicted octanol–water partition coefficient (Wildman–Crippen LogP) is -0.582. The maximum absolute atomic E-state index is 13.7. The number of carbonyl (C=O) groups excluding carboxylic acids is 4. The molecule has 1 aliphatic heterocycles. The summed E-state index contributed by atoms with van der Waals surface area (Å²) in [6.45, 7) is 2.75. The lowest BCUT2D eigenvalue weighted by molar-refractivity contribution is -0.139. The van der Waals surface area contributed by atoms with Crippen LogP contribution in [0.3, 0.4) is 0 Å². The SMILES string of the molecule is C[C@H](NC(=O)N[C@@H](Cc1ccccc1Cl)C(=O)O)C(=O)N[C@H](C(=O)N/C=C1/C[C@@H](O)[C@H](n2ccc(=O)[nH]c2=O)O1)[C@H](C)N(C)C(=O)[C@@H](N)Cc1cccc(O)c1. The van der Waals surface area contributed by atoms with E-state index in [-0.39, 0.29) is 30.8 Å². The van der Waals surface area contributed by atoms with Gasteiger partial charge in [-0.15, -0.1) is 0 Å². The van der Waals surface area contributed by atoms with Gasteiger partial charge in [-0.3, -0.25) is 28.7 Å². The molecular formula is C36H43ClN8O11. The van der Waals surface area contributed by atoms with E-state index in [1.54, 1.807) is 36.4 Å². The number of likely N-dealkylation sites (N-methyl/N-ethyl adjacent to an activating group) is 1. The van der Waals surface area contributed by atoms with Crippen molar-refractivity contribution in [2.75, 3.05) is 7.05 Å². The first-order valence-corrected chi connectivity index (χ1v) is 17.6. The first-order chi connectivity index (χ1) is 26.4. The van der Waals surface area contributed by atoms with E-state index in [1.807, 2.05) is 0 Å². The molecule has 4 rings (SSSR count). The fraction of sp³-hybridized carbons (Fsp3) is 0.361. The number of aliphatic hydroxyl groups excluding tert-OH is 1. The van der Waals surface area contributed by atoms with Crippen molar-refractivity contribution >= 4 is 41.3 Å². The van der Waals surface area contributed by atoms with Crippen molar-refractivity contribution in [2.24, 2.45) is 5.73 Å². The van der Waals surface area contributed by atoms with Gasteiger partial charge in [-0.05, 0) is 49.6 Å². The first kappa shape index (κ1) is 42.6. The molecule has 3 aromatic rings. The van der Waals surface area contributed by atoms with Crippen LogP contribution in [0.1, 0.15) is 37.6 Å². The molecule has 1 saturated heterocycles. The zero-order valence-electron chi connectivity index (χ0n) is 30.5. The van der Waals surface area contributed by atoms with Gasteiger partial charge in [0.1, 0.15) is 35.7 Å². The Morgan fingerprint density at radius 1 is 1.04 bits per heavy atom. The molecule has 10 N–H and O–H groups in total. The second kappa shape index (κ2) is 18.9. The van der Waals surface area contributed by atoms with Gasteiger partial charge in [0, 0.05) is 43.4 Å². The Bertz CT molecular complexity index is 2090. The Morgan fingerprint density at radius 3 is 2.41 bits per heavy atom. The van der Waals surface area contributed by atoms with Crippen LogP contribution < -0.4 is 38.2 Å². The molecule has 7 atom stereocenters. The van der Waals surface area contributed by atoms with Crippen LogP contribution in [0.4, 0.5) is 4.79 Å². The zero-order chi connectivity index (χ0) is 41.3. The third-order valence-corrected chi connectivity index (χ3v) is 9.31. The Kier molecular flexibility index (Phi) is 14.4. The summed E-state index contributed by atoms with van der Waals surface area (Å²) in [6, 6.07) is 6.22. The number of carboxylic acids is 1. The molecule has 0 bridgehead atoms. The van der Waals surface area contributed by atoms with Crippen LogP contribution in [0.15, 0.2) is 82.3 Å². The highest BCUT2D eigenvalue weighted by atomic mass is 35.5. The van der Waals surface area contributed by atoms with Crippen molar-refractivity contribution in [1.82, 2.24) is 35.7 Å². The van der Waals surface area contributed by atoms with Crippen molar-refractivity contribution in [3.63, 3.8) is 0 Å². The first-order valence-electron chi connectivity index (χ1n) is 17.2. The number of H-pyrrole nitrogens is 1. The molecule has 0 saturated carbocycles. The highest BCUT2D eigenvalue weighted by Crippen LogP contribution is 2.30. The summed E-state index contributed by atoms with van der Waals surface area (Å²) in [6.07, 6.45) is -0.539. The van der Waals surface area contributed by atoms with Crippen molar-refractivity contribution in [3.8, 4) is 5.75 Å². The van der Waals surface area contributed by atoms with Gasteiger partial charge in [-0.25, -0.2) is 14.4 Å². The number of carboxylic acid groups (broad SMARTS) is 1. The third-order valence-electron chi connectivity index (χ3n) is 8.94. The minimum Gasteiger partial charge on any atom is -0.508 e. The van der Waals surface area contributed by atoms with Gasteiger partial charge < -0.3 is 52.0 Å². The molecule has 2 aromatic carbocycles. The Morgan fingerprint density at radius 2 is 1.75 bits per heavy atom. The smallest absolute Gasteiger partial charge is 0.331 e. The van der Waals surface area contributed by atoms with Crippen LogP contribution >= 0.6 is 11.6 Å². The van der Waals surface area contributed by atoms with Crippen LogP contribution in [0.25, 0.3) is 0 Å². The summed E-state index contributed by atoms with van der Waals surface area (Å²) in [7, 11) is 1.36. The molecule has 5 amide bonds. The van der Waals surface area contributed by atoms with Gasteiger partial charge in [0.25, 0.3) is 5.56 Å². The van der Waals surface area contributed by atoms with Crippen LogP contribution in [0, 0.1) is 0 Å². The quantitative estimate of drug-likeness (QED) is 0.0934. The summed E-state index contributed by atoms with van der Waals surface area (Å²) < 4.78 is 6.61. The highest BCUT2D eigenvalue weighted by Gasteiger charge is 2.36. The van der Waals surface area contributed by atoms with E-state index in [4.69, 9.17) is 22.1 Å². The number of benzene rings is 2. The number of phenolic OH excluding ortho intramolecular Hbond substituents is 1. The van der Waals surface area contributed by atoms with Gasteiger partial charge in [-0.1, -0.05) is 41.9 Å². The molecule has 0 radical (unpaired) electrons. The number of nitrogens with zero attached hydrogens (tertiary/aromatic N) is 2. The third kappa shape index (κ3) is 11.2. The van der Waals surface area contributed by atoms with Crippen molar-refractivity contribution in [1.29, 1.82) is 0 Å². The van der Waals surface area contributed by atoms with E-state index in [1.165, 1.54) is 33.0 Å². The van der Waals surface area contributed by atoms with E-state index >= 15 is 0 Å². The number of aromatic hydroxyl groups is 1. The lowest BCUT2D eigenvalue weighted by Gasteiger charge is -2.33. The second-order valence-electron chi connectivity index (χ2n) is 13.1. The van der Waals surface area contributed by atoms with Gasteiger partial charge in [0.05, 0.1) is 12.1 Å². The molecule has 1 aliphatic rings. The fourth-order valence-corrected chi connectivity index (χ4v) is 5.95. The molecule has 0 aliphatic carbocycles. The lowest BCUT2D eigenvalue weighted by Crippen LogP contribution is -2.61. The number of aromatic amines is 1. The fourth-order valence-electron chi connectivity index (χ4n) is 5.73. The number of rotatable bonds is 15. The number of amides is 5. The number of aliphatic carboxylic acids is 1. The second-order valence-corrected chi connectivity index (χ2v) is 13.5. The van der Waals surface area contributed by atoms with E-state index < -0.39 is 83.5 Å². The van der Waals surface area contributed by atoms with Gasteiger partial charge >= 0.3 is 17.7 Å². The number of carbonyl (C=O) groups is 5. The van der Waals surface area contributed by atoms with E-state index in [0.29, 0.717) is 16.1 Å². The molecular weight excluding hydrogens is 756 g/mol. The minimum absolute atomic E-state index is 0.0243. The number of nitrogens with one attached hydrogen (secondary N) is 5. The largest absolute Gasteiger partial charge is 0.508 e. The van der Waals surface area contributed by atoms with E-state index in [9.17, 15) is 48.9 Å². The molecule has 0 unspecified atom stereocenters. The molecule has 20 heteroatoms. The Balaban J connectivity index is 1.49. The average Bonchev–Trinajstić information content (AvgIpc) is 3.51. The average molecular weight is 799 g/mol. The predicted molar refractivity (Wildman–Crippen MR) is 200 cm³/mol. The number of hydrogen-bond acceptors (Lipinski definition) is 11. The van der Waals surface area contributed by atoms with Crippen LogP contribution in [0.2, 0.25) is 5.02 Å². The van der Waals surface area contributed by atoms with Crippen molar-refractivity contribution in [2.45, 2.75) is 75.7 Å².